The summed E-state index contributed by atoms with van der Waals surface area (Å²) >= 11 is 0. The van der Waals surface area contributed by atoms with Gasteiger partial charge in [-0.3, -0.25) is 14.6 Å². The molecule has 0 bridgehead atoms. The molecule has 1 aliphatic rings. The Morgan fingerprint density at radius 1 is 1.10 bits per heavy atom. The summed E-state index contributed by atoms with van der Waals surface area (Å²) in [4.78, 5) is 33.6. The molecule has 0 atom stereocenters. The van der Waals surface area contributed by atoms with Gasteiger partial charge in [0.05, 0.1) is 17.5 Å². The first kappa shape index (κ1) is 19.5. The molecule has 1 fully saturated rings. The van der Waals surface area contributed by atoms with Gasteiger partial charge in [0.25, 0.3) is 11.5 Å². The molecule has 0 aliphatic carbocycles. The summed E-state index contributed by atoms with van der Waals surface area (Å²) in [6.45, 7) is 1.58. The molecule has 0 unspecified atom stereocenters. The molecule has 0 saturated carbocycles. The van der Waals surface area contributed by atoms with Crippen LogP contribution in [-0.4, -0.2) is 40.8 Å². The molecule has 1 aromatic heterocycles. The zero-order valence-corrected chi connectivity index (χ0v) is 16.1. The standard InChI is InChI=1S/C22H20FN5O2/c23-16-5-8-19-15(11-16)12-18(21(29)26-19)20(27-24)13-25-17-6-3-14(4-7-17)22(30)28-9-1-2-10-28/h3-8,11-13H,1-2,9-10,24H2,(H,26,29). The molecule has 0 radical (unpaired) electrons. The van der Waals surface area contributed by atoms with Crippen LogP contribution in [0, 0.1) is 5.82 Å². The number of hydrogen-bond donors (Lipinski definition) is 2. The number of carbonyl (C=O) groups is 1. The smallest absolute Gasteiger partial charge is 0.258 e. The number of hydrazone groups is 1. The summed E-state index contributed by atoms with van der Waals surface area (Å²) in [5, 5.41) is 4.17. The number of carbonyl (C=O) groups excluding carboxylic acids is 1. The largest absolute Gasteiger partial charge is 0.339 e. The molecule has 0 spiro atoms. The summed E-state index contributed by atoms with van der Waals surface area (Å²) in [5.41, 5.74) is 1.63. The first-order chi connectivity index (χ1) is 14.5. The number of hydrogen-bond acceptors (Lipinski definition) is 5. The van der Waals surface area contributed by atoms with Gasteiger partial charge in [-0.1, -0.05) is 0 Å². The van der Waals surface area contributed by atoms with E-state index in [1.807, 2.05) is 4.90 Å². The Labute approximate surface area is 171 Å². The van der Waals surface area contributed by atoms with Crippen molar-refractivity contribution in [2.45, 2.75) is 12.8 Å². The lowest BCUT2D eigenvalue weighted by atomic mass is 10.1. The van der Waals surface area contributed by atoms with E-state index in [9.17, 15) is 14.0 Å². The zero-order chi connectivity index (χ0) is 21.1. The van der Waals surface area contributed by atoms with E-state index >= 15 is 0 Å². The van der Waals surface area contributed by atoms with Gasteiger partial charge in [-0.2, -0.15) is 5.10 Å². The molecule has 1 saturated heterocycles. The van der Waals surface area contributed by atoms with Gasteiger partial charge >= 0.3 is 0 Å². The summed E-state index contributed by atoms with van der Waals surface area (Å²) in [7, 11) is 0. The van der Waals surface area contributed by atoms with Crippen molar-refractivity contribution in [3.63, 3.8) is 0 Å². The molecule has 1 aliphatic heterocycles. The average molecular weight is 405 g/mol. The van der Waals surface area contributed by atoms with Crippen molar-refractivity contribution in [2.24, 2.45) is 15.9 Å². The molecule has 3 N–H and O–H groups in total. The molecule has 1 amide bonds. The van der Waals surface area contributed by atoms with E-state index in [0.29, 0.717) is 22.2 Å². The van der Waals surface area contributed by atoms with Crippen LogP contribution in [0.2, 0.25) is 0 Å². The van der Waals surface area contributed by atoms with Crippen LogP contribution in [0.25, 0.3) is 10.9 Å². The quantitative estimate of drug-likeness (QED) is 0.396. The van der Waals surface area contributed by atoms with E-state index in [2.05, 4.69) is 15.1 Å². The number of nitrogens with two attached hydrogens (primary N) is 1. The van der Waals surface area contributed by atoms with Crippen molar-refractivity contribution in [1.29, 1.82) is 0 Å². The van der Waals surface area contributed by atoms with E-state index in [-0.39, 0.29) is 17.2 Å². The molecule has 7 nitrogen and oxygen atoms in total. The maximum atomic E-state index is 13.5. The van der Waals surface area contributed by atoms with Crippen LogP contribution in [0.15, 0.2) is 63.4 Å². The maximum absolute atomic E-state index is 13.5. The number of benzene rings is 2. The summed E-state index contributed by atoms with van der Waals surface area (Å²) in [6, 6.07) is 12.5. The van der Waals surface area contributed by atoms with E-state index in [1.165, 1.54) is 30.5 Å². The van der Waals surface area contributed by atoms with Crippen LogP contribution in [0.1, 0.15) is 28.8 Å². The Balaban J connectivity index is 1.56. The fourth-order valence-corrected chi connectivity index (χ4v) is 3.47. The minimum absolute atomic E-state index is 0.0159. The summed E-state index contributed by atoms with van der Waals surface area (Å²) < 4.78 is 13.5. The Morgan fingerprint density at radius 2 is 1.83 bits per heavy atom. The minimum atomic E-state index is -0.413. The molecular formula is C22H20FN5O2. The molecule has 30 heavy (non-hydrogen) atoms. The number of aliphatic imine (C=N–C) groups is 1. The van der Waals surface area contributed by atoms with Gasteiger partial charge in [0.2, 0.25) is 0 Å². The molecule has 152 valence electrons. The highest BCUT2D eigenvalue weighted by Gasteiger charge is 2.19. The highest BCUT2D eigenvalue weighted by atomic mass is 19.1. The number of rotatable bonds is 4. The van der Waals surface area contributed by atoms with Gasteiger partial charge in [-0.05, 0) is 61.4 Å². The van der Waals surface area contributed by atoms with Crippen molar-refractivity contribution < 1.29 is 9.18 Å². The summed E-state index contributed by atoms with van der Waals surface area (Å²) in [6.07, 6.45) is 3.44. The molecule has 3 aromatic rings. The predicted octanol–water partition coefficient (Wildman–Crippen LogP) is 2.97. The van der Waals surface area contributed by atoms with Crippen LogP contribution < -0.4 is 11.4 Å². The Bertz CT molecular complexity index is 1210. The first-order valence-electron chi connectivity index (χ1n) is 9.59. The molecule has 4 rings (SSSR count). The third kappa shape index (κ3) is 3.98. The minimum Gasteiger partial charge on any atom is -0.339 e. The Hall–Kier alpha value is -3.81. The number of amides is 1. The van der Waals surface area contributed by atoms with Gasteiger partial charge in [0.15, 0.2) is 0 Å². The van der Waals surface area contributed by atoms with Crippen molar-refractivity contribution >= 4 is 34.4 Å². The van der Waals surface area contributed by atoms with Crippen LogP contribution >= 0.6 is 0 Å². The number of aromatic amines is 1. The van der Waals surface area contributed by atoms with Crippen molar-refractivity contribution in [3.05, 3.63) is 75.8 Å². The van der Waals surface area contributed by atoms with Gasteiger partial charge in [-0.15, -0.1) is 0 Å². The number of H-pyrrole nitrogens is 1. The number of pyridine rings is 1. The van der Waals surface area contributed by atoms with Crippen LogP contribution in [-0.2, 0) is 0 Å². The third-order valence-electron chi connectivity index (χ3n) is 5.06. The Kier molecular flexibility index (Phi) is 5.38. The second-order valence-corrected chi connectivity index (χ2v) is 7.06. The number of aromatic nitrogens is 1. The van der Waals surface area contributed by atoms with Gasteiger partial charge < -0.3 is 15.7 Å². The first-order valence-corrected chi connectivity index (χ1v) is 9.59. The molecule has 8 heteroatoms. The Morgan fingerprint density at radius 3 is 2.53 bits per heavy atom. The van der Waals surface area contributed by atoms with E-state index in [0.717, 1.165) is 25.9 Å². The predicted molar refractivity (Wildman–Crippen MR) is 115 cm³/mol. The number of likely N-dealkylation sites (tertiary alicyclic amines) is 1. The van der Waals surface area contributed by atoms with Gasteiger partial charge in [0, 0.05) is 29.6 Å². The molecule has 2 heterocycles. The number of fused-ring (bicyclic) bond motifs is 1. The SMILES string of the molecule is NN=C(C=Nc1ccc(C(=O)N2CCCC2)cc1)c1cc2cc(F)ccc2[nH]c1=O. The van der Waals surface area contributed by atoms with Gasteiger partial charge in [-0.25, -0.2) is 4.39 Å². The zero-order valence-electron chi connectivity index (χ0n) is 16.1. The second kappa shape index (κ2) is 8.28. The van der Waals surface area contributed by atoms with Gasteiger partial charge in [0.1, 0.15) is 11.5 Å². The number of nitrogens with one attached hydrogen (secondary N) is 1. The van der Waals surface area contributed by atoms with Crippen molar-refractivity contribution in [2.75, 3.05) is 13.1 Å². The fourth-order valence-electron chi connectivity index (χ4n) is 3.47. The van der Waals surface area contributed by atoms with E-state index < -0.39 is 11.4 Å². The van der Waals surface area contributed by atoms with Crippen molar-refractivity contribution in [1.82, 2.24) is 9.88 Å². The lowest BCUT2D eigenvalue weighted by Gasteiger charge is -2.14. The lowest BCUT2D eigenvalue weighted by molar-refractivity contribution is 0.0793. The normalized spacial score (nSPS) is 14.7. The number of halogens is 1. The van der Waals surface area contributed by atoms with E-state index in [1.54, 1.807) is 24.3 Å². The highest BCUT2D eigenvalue weighted by Crippen LogP contribution is 2.17. The van der Waals surface area contributed by atoms with Crippen molar-refractivity contribution in [3.8, 4) is 0 Å². The maximum Gasteiger partial charge on any atom is 0.258 e. The third-order valence-corrected chi connectivity index (χ3v) is 5.06. The van der Waals surface area contributed by atoms with Crippen LogP contribution in [0.3, 0.4) is 0 Å². The molecular weight excluding hydrogens is 385 g/mol. The highest BCUT2D eigenvalue weighted by molar-refractivity contribution is 6.38. The lowest BCUT2D eigenvalue weighted by Crippen LogP contribution is -2.27. The molecule has 2 aromatic carbocycles. The van der Waals surface area contributed by atoms with Crippen LogP contribution in [0.4, 0.5) is 10.1 Å². The second-order valence-electron chi connectivity index (χ2n) is 7.06. The van der Waals surface area contributed by atoms with E-state index in [4.69, 9.17) is 5.84 Å². The average Bonchev–Trinajstić information content (AvgIpc) is 3.29. The summed E-state index contributed by atoms with van der Waals surface area (Å²) in [5.74, 6) is 5.07. The fraction of sp³-hybridized carbons (Fsp3) is 0.182. The topological polar surface area (TPSA) is 104 Å². The monoisotopic (exact) mass is 405 g/mol. The number of nitrogens with zero attached hydrogens (tertiary/aromatic N) is 3. The van der Waals surface area contributed by atoms with Crippen LogP contribution in [0.5, 0.6) is 0 Å².